The van der Waals surface area contributed by atoms with Crippen molar-refractivity contribution >= 4 is 23.2 Å². The first-order valence-electron chi connectivity index (χ1n) is 10.9. The molecule has 3 heterocycles. The molecule has 3 N–H and O–H groups in total. The summed E-state index contributed by atoms with van der Waals surface area (Å²) in [5.74, 6) is 0.619. The number of nitrogens with one attached hydrogen (secondary N) is 3. The topological polar surface area (TPSA) is 122 Å². The van der Waals surface area contributed by atoms with Crippen molar-refractivity contribution in [3.63, 3.8) is 0 Å². The Morgan fingerprint density at radius 2 is 1.97 bits per heavy atom. The molecule has 0 radical (unpaired) electrons. The number of rotatable bonds is 7. The maximum atomic E-state index is 14.3. The van der Waals surface area contributed by atoms with Gasteiger partial charge in [0.1, 0.15) is 5.82 Å². The van der Waals surface area contributed by atoms with E-state index in [-0.39, 0.29) is 16.9 Å². The number of halogens is 2. The molecule has 0 bridgehead atoms. The van der Waals surface area contributed by atoms with Gasteiger partial charge in [-0.25, -0.2) is 19.3 Å². The van der Waals surface area contributed by atoms with Crippen LogP contribution in [0.3, 0.4) is 0 Å². The van der Waals surface area contributed by atoms with E-state index in [1.807, 2.05) is 18.2 Å². The van der Waals surface area contributed by atoms with Crippen molar-refractivity contribution in [3.05, 3.63) is 81.6 Å². The van der Waals surface area contributed by atoms with Gasteiger partial charge < -0.3 is 14.5 Å². The van der Waals surface area contributed by atoms with Crippen LogP contribution in [0.15, 0.2) is 57.9 Å². The number of pyridine rings is 1. The number of benzene rings is 1. The van der Waals surface area contributed by atoms with Crippen molar-refractivity contribution in [3.8, 4) is 5.75 Å². The summed E-state index contributed by atoms with van der Waals surface area (Å²) in [6.07, 6.45) is 4.50. The molecule has 1 fully saturated rings. The molecule has 0 spiro atoms. The van der Waals surface area contributed by atoms with Gasteiger partial charge in [-0.1, -0.05) is 23.7 Å². The molecule has 1 aromatic carbocycles. The number of hydrogen-bond acceptors (Lipinski definition) is 7. The minimum Gasteiger partial charge on any atom is -0.487 e. The molecule has 0 atom stereocenters. The van der Waals surface area contributed by atoms with Gasteiger partial charge in [0, 0.05) is 24.4 Å². The number of ether oxygens (including phenoxy) is 1. The summed E-state index contributed by atoms with van der Waals surface area (Å²) < 4.78 is 25.6. The summed E-state index contributed by atoms with van der Waals surface area (Å²) in [5.41, 5.74) is 0.260. The van der Waals surface area contributed by atoms with Crippen molar-refractivity contribution in [2.45, 2.75) is 43.6 Å². The summed E-state index contributed by atoms with van der Waals surface area (Å²) >= 11 is 5.88. The van der Waals surface area contributed by atoms with Crippen LogP contribution in [-0.2, 0) is 11.8 Å². The number of aromatic amines is 2. The van der Waals surface area contributed by atoms with Crippen molar-refractivity contribution in [2.24, 2.45) is 0 Å². The Morgan fingerprint density at radius 3 is 2.71 bits per heavy atom. The summed E-state index contributed by atoms with van der Waals surface area (Å²) in [5, 5.41) is 16.5. The molecule has 176 valence electrons. The van der Waals surface area contributed by atoms with E-state index in [0.717, 1.165) is 5.69 Å². The van der Waals surface area contributed by atoms with E-state index in [1.165, 1.54) is 6.07 Å². The van der Waals surface area contributed by atoms with Gasteiger partial charge in [0.15, 0.2) is 17.4 Å². The zero-order valence-electron chi connectivity index (χ0n) is 18.1. The highest BCUT2D eigenvalue weighted by molar-refractivity contribution is 6.30. The molecule has 4 aromatic rings. The van der Waals surface area contributed by atoms with E-state index >= 15 is 0 Å². The Balaban J connectivity index is 1.35. The fourth-order valence-electron chi connectivity index (χ4n) is 4.39. The average Bonchev–Trinajstić information content (AvgIpc) is 3.51. The SMILES string of the molecule is O=c1[nH]nc([C@]2(Cc3cccc(Nc4cc[nH]n4)n3)CC[C@@H](Oc3cccc(Cl)c3F)CC2)o1. The van der Waals surface area contributed by atoms with Crippen LogP contribution >= 0.6 is 11.6 Å². The monoisotopic (exact) mass is 484 g/mol. The fraction of sp³-hybridized carbons (Fsp3) is 0.304. The number of anilines is 2. The molecule has 5 rings (SSSR count). The van der Waals surface area contributed by atoms with Crippen LogP contribution in [0, 0.1) is 5.82 Å². The van der Waals surface area contributed by atoms with Crippen LogP contribution < -0.4 is 15.8 Å². The van der Waals surface area contributed by atoms with Crippen LogP contribution in [0.25, 0.3) is 0 Å². The first-order chi connectivity index (χ1) is 16.5. The molecular weight excluding hydrogens is 463 g/mol. The van der Waals surface area contributed by atoms with Crippen LogP contribution in [0.5, 0.6) is 5.75 Å². The number of H-pyrrole nitrogens is 2. The van der Waals surface area contributed by atoms with Crippen molar-refractivity contribution in [1.29, 1.82) is 0 Å². The minimum atomic E-state index is -0.601. The third kappa shape index (κ3) is 4.67. The third-order valence-electron chi connectivity index (χ3n) is 6.07. The lowest BCUT2D eigenvalue weighted by Gasteiger charge is -2.37. The first-order valence-corrected chi connectivity index (χ1v) is 11.3. The lowest BCUT2D eigenvalue weighted by molar-refractivity contribution is 0.0989. The molecule has 1 aliphatic carbocycles. The number of nitrogens with zero attached hydrogens (tertiary/aromatic N) is 3. The second-order valence-corrected chi connectivity index (χ2v) is 8.75. The highest BCUT2D eigenvalue weighted by Gasteiger charge is 2.42. The van der Waals surface area contributed by atoms with Crippen LogP contribution in [0.4, 0.5) is 16.0 Å². The van der Waals surface area contributed by atoms with Crippen LogP contribution in [0.1, 0.15) is 37.3 Å². The van der Waals surface area contributed by atoms with E-state index in [0.29, 0.717) is 49.6 Å². The molecule has 11 heteroatoms. The Morgan fingerprint density at radius 1 is 1.15 bits per heavy atom. The van der Waals surface area contributed by atoms with E-state index in [2.05, 4.69) is 25.7 Å². The fourth-order valence-corrected chi connectivity index (χ4v) is 4.56. The van der Waals surface area contributed by atoms with E-state index in [9.17, 15) is 9.18 Å². The van der Waals surface area contributed by atoms with Gasteiger partial charge in [-0.2, -0.15) is 5.10 Å². The average molecular weight is 485 g/mol. The van der Waals surface area contributed by atoms with Crippen LogP contribution in [0.2, 0.25) is 5.02 Å². The Labute approximate surface area is 198 Å². The zero-order chi connectivity index (χ0) is 23.5. The van der Waals surface area contributed by atoms with Gasteiger partial charge in [-0.05, 0) is 49.9 Å². The largest absolute Gasteiger partial charge is 0.487 e. The lowest BCUT2D eigenvalue weighted by atomic mass is 9.70. The number of hydrogen-bond donors (Lipinski definition) is 3. The maximum Gasteiger partial charge on any atom is 0.434 e. The second-order valence-electron chi connectivity index (χ2n) is 8.34. The predicted octanol–water partition coefficient (Wildman–Crippen LogP) is 4.52. The van der Waals surface area contributed by atoms with E-state index in [1.54, 1.807) is 24.4 Å². The molecular formula is C23H22ClFN6O3. The zero-order valence-corrected chi connectivity index (χ0v) is 18.8. The van der Waals surface area contributed by atoms with Gasteiger partial charge in [0.25, 0.3) is 0 Å². The predicted molar refractivity (Wildman–Crippen MR) is 123 cm³/mol. The lowest BCUT2D eigenvalue weighted by Crippen LogP contribution is -2.38. The highest BCUT2D eigenvalue weighted by atomic mass is 35.5. The molecule has 3 aromatic heterocycles. The Hall–Kier alpha value is -3.66. The summed E-state index contributed by atoms with van der Waals surface area (Å²) in [4.78, 5) is 16.4. The second kappa shape index (κ2) is 9.30. The van der Waals surface area contributed by atoms with Gasteiger partial charge in [-0.15, -0.1) is 5.10 Å². The van der Waals surface area contributed by atoms with Gasteiger partial charge in [-0.3, -0.25) is 5.10 Å². The molecule has 0 unspecified atom stereocenters. The molecule has 1 saturated carbocycles. The third-order valence-corrected chi connectivity index (χ3v) is 6.37. The Kier molecular flexibility index (Phi) is 6.06. The minimum absolute atomic E-state index is 0.0235. The highest BCUT2D eigenvalue weighted by Crippen LogP contribution is 2.42. The van der Waals surface area contributed by atoms with Crippen molar-refractivity contribution in [1.82, 2.24) is 25.4 Å². The van der Waals surface area contributed by atoms with E-state index < -0.39 is 17.0 Å². The molecule has 0 amide bonds. The van der Waals surface area contributed by atoms with Gasteiger partial charge in [0.2, 0.25) is 5.89 Å². The smallest absolute Gasteiger partial charge is 0.434 e. The molecule has 34 heavy (non-hydrogen) atoms. The van der Waals surface area contributed by atoms with Crippen molar-refractivity contribution in [2.75, 3.05) is 5.32 Å². The van der Waals surface area contributed by atoms with Gasteiger partial charge >= 0.3 is 5.76 Å². The van der Waals surface area contributed by atoms with Crippen molar-refractivity contribution < 1.29 is 13.5 Å². The van der Waals surface area contributed by atoms with Crippen LogP contribution in [-0.4, -0.2) is 31.5 Å². The summed E-state index contributed by atoms with van der Waals surface area (Å²) in [6, 6.07) is 12.2. The summed E-state index contributed by atoms with van der Waals surface area (Å²) in [6.45, 7) is 0. The standard InChI is InChI=1S/C23H22ClFN6O3/c24-16-4-2-5-17(20(16)25)33-15-7-10-23(11-8-15,21-30-31-22(32)34-21)13-14-3-1-6-18(27-14)28-19-9-12-26-29-19/h1-6,9,12,15H,7-8,10-11,13H2,(H,31,32)(H2,26,27,28,29)/t15-,23-. The van der Waals surface area contributed by atoms with Gasteiger partial charge in [0.05, 0.1) is 16.5 Å². The molecule has 0 aliphatic heterocycles. The first kappa shape index (κ1) is 22.1. The maximum absolute atomic E-state index is 14.3. The normalized spacial score (nSPS) is 20.2. The number of aromatic nitrogens is 5. The Bertz CT molecular complexity index is 1310. The molecule has 9 nitrogen and oxygen atoms in total. The molecule has 0 saturated heterocycles. The molecule has 1 aliphatic rings. The quantitative estimate of drug-likeness (QED) is 0.352. The summed E-state index contributed by atoms with van der Waals surface area (Å²) in [7, 11) is 0. The van der Waals surface area contributed by atoms with E-state index in [4.69, 9.17) is 25.7 Å².